The Morgan fingerprint density at radius 2 is 1.68 bits per heavy atom. The van der Waals surface area contributed by atoms with Gasteiger partial charge in [-0.1, -0.05) is 38.1 Å². The molecule has 3 rings (SSSR count). The fourth-order valence-corrected chi connectivity index (χ4v) is 3.97. The van der Waals surface area contributed by atoms with Gasteiger partial charge in [0, 0.05) is 50.7 Å². The van der Waals surface area contributed by atoms with Crippen LogP contribution in [0, 0.1) is 5.41 Å². The number of aliphatic imine (C=N–C) groups is 1. The maximum atomic E-state index is 9.63. The lowest BCUT2D eigenvalue weighted by molar-refractivity contribution is -0.0667. The molecule has 28 heavy (non-hydrogen) atoms. The number of halogens is 1. The number of nitrogens with one attached hydrogen (secondary N) is 1. The Labute approximate surface area is 187 Å². The van der Waals surface area contributed by atoms with Crippen molar-refractivity contribution in [1.82, 2.24) is 15.1 Å². The average molecular weight is 500 g/mol. The van der Waals surface area contributed by atoms with E-state index in [0.717, 1.165) is 51.5 Å². The molecule has 0 radical (unpaired) electrons. The van der Waals surface area contributed by atoms with Crippen LogP contribution in [0.25, 0.3) is 0 Å². The van der Waals surface area contributed by atoms with Crippen LogP contribution in [0.5, 0.6) is 0 Å². The van der Waals surface area contributed by atoms with Gasteiger partial charge in [0.25, 0.3) is 0 Å². The summed E-state index contributed by atoms with van der Waals surface area (Å²) < 4.78 is 0. The number of hydrogen-bond donors (Lipinski definition) is 2. The third-order valence-electron chi connectivity index (χ3n) is 6.79. The molecule has 0 saturated carbocycles. The quantitative estimate of drug-likeness (QED) is 0.378. The van der Waals surface area contributed by atoms with E-state index in [1.165, 1.54) is 11.1 Å². The molecule has 0 aliphatic carbocycles. The Balaban J connectivity index is 0.00000280. The highest BCUT2D eigenvalue weighted by Gasteiger charge is 2.53. The molecule has 5 nitrogen and oxygen atoms in total. The van der Waals surface area contributed by atoms with Gasteiger partial charge in [0.05, 0.1) is 6.10 Å². The first kappa shape index (κ1) is 23.4. The molecular weight excluding hydrogens is 463 g/mol. The Bertz CT molecular complexity index is 664. The molecule has 2 heterocycles. The predicted octanol–water partition coefficient (Wildman–Crippen LogP) is 3.46. The molecule has 2 aliphatic heterocycles. The van der Waals surface area contributed by atoms with Crippen LogP contribution in [0.3, 0.4) is 0 Å². The van der Waals surface area contributed by atoms with E-state index in [0.29, 0.717) is 5.41 Å². The lowest BCUT2D eigenvalue weighted by Crippen LogP contribution is -2.72. The molecule has 0 aromatic heterocycles. The highest BCUT2D eigenvalue weighted by atomic mass is 127. The Morgan fingerprint density at radius 3 is 2.18 bits per heavy atom. The standard InChI is InChI=1S/C22H36N4O.HI/c1-21(2)16-26(22(21,3)4)20(23-5)24-14-17-6-8-18(9-7-17)15-25-12-10-19(27)11-13-25;/h6-9,19,27H,10-16H2,1-5H3,(H,23,24);1H. The summed E-state index contributed by atoms with van der Waals surface area (Å²) in [6.07, 6.45) is 1.68. The average Bonchev–Trinajstić information content (AvgIpc) is 2.64. The van der Waals surface area contributed by atoms with Crippen molar-refractivity contribution in [2.45, 2.75) is 65.3 Å². The summed E-state index contributed by atoms with van der Waals surface area (Å²) in [5.74, 6) is 0.982. The Morgan fingerprint density at radius 1 is 1.11 bits per heavy atom. The maximum Gasteiger partial charge on any atom is 0.194 e. The number of guanidine groups is 1. The number of nitrogens with zero attached hydrogens (tertiary/aromatic N) is 3. The molecule has 2 N–H and O–H groups in total. The van der Waals surface area contributed by atoms with Gasteiger partial charge >= 0.3 is 0 Å². The van der Waals surface area contributed by atoms with Gasteiger partial charge in [0.2, 0.25) is 0 Å². The van der Waals surface area contributed by atoms with E-state index >= 15 is 0 Å². The number of rotatable bonds is 4. The van der Waals surface area contributed by atoms with Gasteiger partial charge in [-0.2, -0.15) is 0 Å². The van der Waals surface area contributed by atoms with Crippen LogP contribution in [0.4, 0.5) is 0 Å². The molecule has 158 valence electrons. The molecule has 2 aliphatic rings. The third-order valence-corrected chi connectivity index (χ3v) is 6.79. The summed E-state index contributed by atoms with van der Waals surface area (Å²) >= 11 is 0. The molecule has 0 bridgehead atoms. The number of piperidine rings is 1. The lowest BCUT2D eigenvalue weighted by atomic mass is 9.65. The number of benzene rings is 1. The molecule has 0 amide bonds. The van der Waals surface area contributed by atoms with Crippen molar-refractivity contribution >= 4 is 29.9 Å². The van der Waals surface area contributed by atoms with Crippen molar-refractivity contribution in [3.05, 3.63) is 35.4 Å². The first-order chi connectivity index (χ1) is 12.7. The third kappa shape index (κ3) is 5.00. The number of aliphatic hydroxyl groups excluding tert-OH is 1. The van der Waals surface area contributed by atoms with Crippen molar-refractivity contribution in [1.29, 1.82) is 0 Å². The SMILES string of the molecule is CN=C(NCc1ccc(CN2CCC(O)CC2)cc1)N1CC(C)(C)C1(C)C.I. The summed E-state index contributed by atoms with van der Waals surface area (Å²) in [5, 5.41) is 13.2. The van der Waals surface area contributed by atoms with Gasteiger partial charge in [-0.3, -0.25) is 9.89 Å². The van der Waals surface area contributed by atoms with Crippen LogP contribution in [0.1, 0.15) is 51.7 Å². The normalized spacial score (nSPS) is 22.4. The topological polar surface area (TPSA) is 51.1 Å². The van der Waals surface area contributed by atoms with Crippen molar-refractivity contribution < 1.29 is 5.11 Å². The van der Waals surface area contributed by atoms with Gasteiger partial charge in [0.15, 0.2) is 5.96 Å². The van der Waals surface area contributed by atoms with E-state index in [4.69, 9.17) is 0 Å². The number of hydrogen-bond acceptors (Lipinski definition) is 3. The first-order valence-corrected chi connectivity index (χ1v) is 10.2. The van der Waals surface area contributed by atoms with Crippen molar-refractivity contribution in [2.24, 2.45) is 10.4 Å². The fraction of sp³-hybridized carbons (Fsp3) is 0.682. The summed E-state index contributed by atoms with van der Waals surface area (Å²) in [6.45, 7) is 14.0. The number of aliphatic hydroxyl groups is 1. The van der Waals surface area contributed by atoms with Crippen LogP contribution < -0.4 is 5.32 Å². The second kappa shape index (κ2) is 9.30. The summed E-state index contributed by atoms with van der Waals surface area (Å²) in [7, 11) is 1.86. The zero-order chi connectivity index (χ0) is 19.7. The molecule has 0 atom stereocenters. The van der Waals surface area contributed by atoms with Crippen molar-refractivity contribution in [3.8, 4) is 0 Å². The van der Waals surface area contributed by atoms with E-state index < -0.39 is 0 Å². The Hall–Kier alpha value is -0.860. The molecule has 2 fully saturated rings. The van der Waals surface area contributed by atoms with Crippen LogP contribution in [0.15, 0.2) is 29.3 Å². The van der Waals surface area contributed by atoms with Gasteiger partial charge < -0.3 is 15.3 Å². The molecule has 6 heteroatoms. The molecule has 0 unspecified atom stereocenters. The summed E-state index contributed by atoms with van der Waals surface area (Å²) in [5.41, 5.74) is 3.02. The smallest absolute Gasteiger partial charge is 0.194 e. The molecule has 0 spiro atoms. The van der Waals surface area contributed by atoms with E-state index in [-0.39, 0.29) is 35.6 Å². The van der Waals surface area contributed by atoms with Crippen molar-refractivity contribution in [3.63, 3.8) is 0 Å². The van der Waals surface area contributed by atoms with E-state index in [2.05, 4.69) is 72.1 Å². The summed E-state index contributed by atoms with van der Waals surface area (Å²) in [4.78, 5) is 9.28. The second-order valence-corrected chi connectivity index (χ2v) is 9.25. The lowest BCUT2D eigenvalue weighted by Gasteiger charge is -2.62. The van der Waals surface area contributed by atoms with Gasteiger partial charge in [-0.25, -0.2) is 0 Å². The van der Waals surface area contributed by atoms with E-state index in [1.54, 1.807) is 0 Å². The van der Waals surface area contributed by atoms with Crippen LogP contribution in [-0.2, 0) is 13.1 Å². The highest BCUT2D eigenvalue weighted by Crippen LogP contribution is 2.46. The molecular formula is C22H37IN4O. The van der Waals surface area contributed by atoms with Gasteiger partial charge in [0.1, 0.15) is 0 Å². The highest BCUT2D eigenvalue weighted by molar-refractivity contribution is 14.0. The van der Waals surface area contributed by atoms with Gasteiger partial charge in [-0.15, -0.1) is 24.0 Å². The predicted molar refractivity (Wildman–Crippen MR) is 127 cm³/mol. The molecule has 1 aromatic rings. The molecule has 2 saturated heterocycles. The maximum absolute atomic E-state index is 9.63. The van der Waals surface area contributed by atoms with Crippen LogP contribution in [0.2, 0.25) is 0 Å². The van der Waals surface area contributed by atoms with Crippen LogP contribution >= 0.6 is 24.0 Å². The number of likely N-dealkylation sites (tertiary alicyclic amines) is 2. The zero-order valence-electron chi connectivity index (χ0n) is 18.0. The minimum Gasteiger partial charge on any atom is -0.393 e. The Kier molecular flexibility index (Phi) is 7.78. The molecule has 1 aromatic carbocycles. The minimum absolute atomic E-state index is 0. The first-order valence-electron chi connectivity index (χ1n) is 10.2. The van der Waals surface area contributed by atoms with Crippen molar-refractivity contribution in [2.75, 3.05) is 26.7 Å². The fourth-order valence-electron chi connectivity index (χ4n) is 3.97. The largest absolute Gasteiger partial charge is 0.393 e. The van der Waals surface area contributed by atoms with E-state index in [1.807, 2.05) is 7.05 Å². The van der Waals surface area contributed by atoms with E-state index in [9.17, 15) is 5.11 Å². The van der Waals surface area contributed by atoms with Gasteiger partial charge in [-0.05, 0) is 37.8 Å². The zero-order valence-corrected chi connectivity index (χ0v) is 20.4. The minimum atomic E-state index is -0.105. The summed E-state index contributed by atoms with van der Waals surface area (Å²) in [6, 6.07) is 8.86. The second-order valence-electron chi connectivity index (χ2n) is 9.25. The van der Waals surface area contributed by atoms with Crippen LogP contribution in [-0.4, -0.2) is 59.2 Å². The monoisotopic (exact) mass is 500 g/mol.